The van der Waals surface area contributed by atoms with Crippen LogP contribution in [0.1, 0.15) is 50.4 Å². The van der Waals surface area contributed by atoms with E-state index in [4.69, 9.17) is 9.47 Å². The summed E-state index contributed by atoms with van der Waals surface area (Å²) in [5, 5.41) is 11.7. The molecule has 1 fully saturated rings. The Balaban J connectivity index is 1.62. The first-order valence-electron chi connectivity index (χ1n) is 10.8. The number of benzene rings is 1. The summed E-state index contributed by atoms with van der Waals surface area (Å²) in [5.41, 5.74) is -0.188. The zero-order valence-electron chi connectivity index (χ0n) is 18.8. The average molecular weight is 496 g/mol. The smallest absolute Gasteiger partial charge is 0.344 e. The fourth-order valence-electron chi connectivity index (χ4n) is 4.04. The highest BCUT2D eigenvalue weighted by atomic mass is 32.2. The number of esters is 2. The minimum Gasteiger partial charge on any atom is -0.507 e. The lowest BCUT2D eigenvalue weighted by molar-refractivity contribution is -0.159. The van der Waals surface area contributed by atoms with Crippen molar-refractivity contribution in [2.24, 2.45) is 17.8 Å². The summed E-state index contributed by atoms with van der Waals surface area (Å²) in [7, 11) is -3.82. The molecule has 0 amide bonds. The van der Waals surface area contributed by atoms with Crippen LogP contribution in [-0.2, 0) is 24.3 Å². The Morgan fingerprint density at radius 2 is 2.00 bits per heavy atom. The molecule has 3 atom stereocenters. The number of ether oxygens (including phenoxy) is 2. The number of phenolic OH excluding ortho intramolecular Hbond substituents is 1. The van der Waals surface area contributed by atoms with E-state index in [1.165, 1.54) is 18.2 Å². The SMILES string of the molecule is CC1CCC(C(C)C)C(OC(=O)COC(=O)c2cc(NS(=O)(=O)c3cccs3)ccc2O)C1. The van der Waals surface area contributed by atoms with Crippen molar-refractivity contribution in [2.45, 2.75) is 50.3 Å². The number of hydrogen-bond acceptors (Lipinski definition) is 8. The molecule has 1 saturated carbocycles. The second-order valence-corrected chi connectivity index (χ2v) is 11.6. The van der Waals surface area contributed by atoms with E-state index >= 15 is 0 Å². The number of hydrogen-bond donors (Lipinski definition) is 2. The van der Waals surface area contributed by atoms with Gasteiger partial charge in [0, 0.05) is 5.69 Å². The van der Waals surface area contributed by atoms with Gasteiger partial charge in [-0.25, -0.2) is 18.0 Å². The molecule has 2 aromatic rings. The Morgan fingerprint density at radius 1 is 1.24 bits per heavy atom. The van der Waals surface area contributed by atoms with Gasteiger partial charge < -0.3 is 14.6 Å². The number of anilines is 1. The molecule has 0 spiro atoms. The van der Waals surface area contributed by atoms with E-state index in [-0.39, 0.29) is 27.5 Å². The van der Waals surface area contributed by atoms with E-state index in [9.17, 15) is 23.1 Å². The van der Waals surface area contributed by atoms with Gasteiger partial charge in [-0.3, -0.25) is 4.72 Å². The molecule has 3 unspecified atom stereocenters. The molecule has 1 aliphatic carbocycles. The van der Waals surface area contributed by atoms with Gasteiger partial charge in [-0.15, -0.1) is 11.3 Å². The Kier molecular flexibility index (Phi) is 8.01. The zero-order chi connectivity index (χ0) is 24.2. The van der Waals surface area contributed by atoms with Crippen molar-refractivity contribution in [3.63, 3.8) is 0 Å². The Bertz CT molecular complexity index is 1080. The monoisotopic (exact) mass is 495 g/mol. The van der Waals surface area contributed by atoms with Gasteiger partial charge in [-0.2, -0.15) is 0 Å². The van der Waals surface area contributed by atoms with E-state index in [0.29, 0.717) is 11.8 Å². The summed E-state index contributed by atoms with van der Waals surface area (Å²) in [5.74, 6) is -0.916. The van der Waals surface area contributed by atoms with Crippen molar-refractivity contribution in [2.75, 3.05) is 11.3 Å². The molecule has 2 N–H and O–H groups in total. The number of carbonyl (C=O) groups is 2. The van der Waals surface area contributed by atoms with Crippen molar-refractivity contribution in [1.82, 2.24) is 0 Å². The number of nitrogens with one attached hydrogen (secondary N) is 1. The zero-order valence-corrected chi connectivity index (χ0v) is 20.4. The minimum absolute atomic E-state index is 0.0756. The van der Waals surface area contributed by atoms with Gasteiger partial charge in [0.1, 0.15) is 21.6 Å². The van der Waals surface area contributed by atoms with E-state index in [2.05, 4.69) is 25.5 Å². The third kappa shape index (κ3) is 6.48. The van der Waals surface area contributed by atoms with Crippen LogP contribution in [-0.4, -0.2) is 38.2 Å². The number of sulfonamides is 1. The molecule has 0 radical (unpaired) electrons. The van der Waals surface area contributed by atoms with Crippen molar-refractivity contribution in [3.05, 3.63) is 41.3 Å². The van der Waals surface area contributed by atoms with Gasteiger partial charge >= 0.3 is 11.9 Å². The second kappa shape index (κ2) is 10.6. The summed E-state index contributed by atoms with van der Waals surface area (Å²) in [6.45, 7) is 5.73. The largest absolute Gasteiger partial charge is 0.507 e. The first kappa shape index (κ1) is 25.0. The maximum absolute atomic E-state index is 12.5. The van der Waals surface area contributed by atoms with Gasteiger partial charge in [0.05, 0.1) is 0 Å². The van der Waals surface area contributed by atoms with Crippen LogP contribution in [0.25, 0.3) is 0 Å². The van der Waals surface area contributed by atoms with E-state index in [1.807, 2.05) is 0 Å². The maximum atomic E-state index is 12.5. The molecule has 0 saturated heterocycles. The standard InChI is InChI=1S/C23H29NO7S2/c1-14(2)17-8-6-15(3)11-20(17)31-21(26)13-30-23(27)18-12-16(7-9-19(18)25)24-33(28,29)22-5-4-10-32-22/h4-5,7,9-10,12,14-15,17,20,24-25H,6,8,11,13H2,1-3H3. The summed E-state index contributed by atoms with van der Waals surface area (Å²) in [4.78, 5) is 24.8. The van der Waals surface area contributed by atoms with Gasteiger partial charge in [0.15, 0.2) is 6.61 Å². The summed E-state index contributed by atoms with van der Waals surface area (Å²) in [6.07, 6.45) is 2.63. The molecule has 33 heavy (non-hydrogen) atoms. The minimum atomic E-state index is -3.82. The second-order valence-electron chi connectivity index (χ2n) is 8.70. The molecule has 1 aliphatic rings. The first-order chi connectivity index (χ1) is 15.6. The molecule has 1 heterocycles. The number of phenols is 1. The molecular formula is C23H29NO7S2. The molecular weight excluding hydrogens is 466 g/mol. The fraction of sp³-hybridized carbons (Fsp3) is 0.478. The van der Waals surface area contributed by atoms with Crippen molar-refractivity contribution in [1.29, 1.82) is 0 Å². The van der Waals surface area contributed by atoms with Crippen LogP contribution in [0.5, 0.6) is 5.75 Å². The maximum Gasteiger partial charge on any atom is 0.344 e. The summed E-state index contributed by atoms with van der Waals surface area (Å²) >= 11 is 1.05. The first-order valence-corrected chi connectivity index (χ1v) is 13.2. The molecule has 0 aliphatic heterocycles. The third-order valence-electron chi connectivity index (χ3n) is 5.79. The highest BCUT2D eigenvalue weighted by Crippen LogP contribution is 2.35. The molecule has 0 bridgehead atoms. The average Bonchev–Trinajstić information content (AvgIpc) is 3.29. The van der Waals surface area contributed by atoms with Crippen LogP contribution < -0.4 is 4.72 Å². The Hall–Kier alpha value is -2.59. The van der Waals surface area contributed by atoms with Crippen molar-refractivity contribution >= 4 is 39.0 Å². The number of aromatic hydroxyl groups is 1. The quantitative estimate of drug-likeness (QED) is 0.411. The molecule has 1 aromatic heterocycles. The topological polar surface area (TPSA) is 119 Å². The van der Waals surface area contributed by atoms with Crippen LogP contribution >= 0.6 is 11.3 Å². The lowest BCUT2D eigenvalue weighted by Gasteiger charge is -2.36. The number of carbonyl (C=O) groups excluding carboxylic acids is 2. The highest BCUT2D eigenvalue weighted by molar-refractivity contribution is 7.94. The van der Waals surface area contributed by atoms with Crippen LogP contribution in [0, 0.1) is 17.8 Å². The summed E-state index contributed by atoms with van der Waals surface area (Å²) < 4.78 is 37.9. The Morgan fingerprint density at radius 3 is 2.67 bits per heavy atom. The van der Waals surface area contributed by atoms with Gasteiger partial charge in [-0.05, 0) is 60.2 Å². The fourth-order valence-corrected chi connectivity index (χ4v) is 6.08. The Labute approximate surface area is 198 Å². The number of thiophene rings is 1. The van der Waals surface area contributed by atoms with E-state index < -0.39 is 34.3 Å². The molecule has 3 rings (SSSR count). The number of rotatable bonds is 8. The van der Waals surface area contributed by atoms with Gasteiger partial charge in [0.25, 0.3) is 10.0 Å². The molecule has 1 aromatic carbocycles. The lowest BCUT2D eigenvalue weighted by Crippen LogP contribution is -2.36. The van der Waals surface area contributed by atoms with Crippen LogP contribution in [0.2, 0.25) is 0 Å². The van der Waals surface area contributed by atoms with Gasteiger partial charge in [-0.1, -0.05) is 33.3 Å². The van der Waals surface area contributed by atoms with E-state index in [1.54, 1.807) is 11.4 Å². The van der Waals surface area contributed by atoms with E-state index in [0.717, 1.165) is 36.7 Å². The predicted octanol–water partition coefficient (Wildman–Crippen LogP) is 4.42. The predicted molar refractivity (Wildman–Crippen MR) is 125 cm³/mol. The normalized spacial score (nSPS) is 20.9. The lowest BCUT2D eigenvalue weighted by atomic mass is 9.75. The highest BCUT2D eigenvalue weighted by Gasteiger charge is 2.33. The van der Waals surface area contributed by atoms with Crippen LogP contribution in [0.3, 0.4) is 0 Å². The molecule has 180 valence electrons. The third-order valence-corrected chi connectivity index (χ3v) is 8.57. The summed E-state index contributed by atoms with van der Waals surface area (Å²) in [6, 6.07) is 6.71. The van der Waals surface area contributed by atoms with Gasteiger partial charge in [0.2, 0.25) is 0 Å². The molecule has 8 nitrogen and oxygen atoms in total. The van der Waals surface area contributed by atoms with Crippen molar-refractivity contribution in [3.8, 4) is 5.75 Å². The van der Waals surface area contributed by atoms with Crippen LogP contribution in [0.15, 0.2) is 39.9 Å². The van der Waals surface area contributed by atoms with Crippen molar-refractivity contribution < 1.29 is 32.6 Å². The van der Waals surface area contributed by atoms with Crippen LogP contribution in [0.4, 0.5) is 5.69 Å². The molecule has 10 heteroatoms.